The average Bonchev–Trinajstić information content (AvgIpc) is 2.94. The van der Waals surface area contributed by atoms with Crippen molar-refractivity contribution >= 4 is 21.7 Å². The number of hydrogen-bond donors (Lipinski definition) is 2. The molecule has 0 aliphatic heterocycles. The normalized spacial score (nSPS) is 10.9. The summed E-state index contributed by atoms with van der Waals surface area (Å²) in [5.74, 6) is -0.780. The summed E-state index contributed by atoms with van der Waals surface area (Å²) in [7, 11) is 0. The minimum atomic E-state index is -0.688. The molecule has 0 saturated carbocycles. The number of halogens is 3. The van der Waals surface area contributed by atoms with Gasteiger partial charge in [-0.3, -0.25) is 5.10 Å². The van der Waals surface area contributed by atoms with Crippen molar-refractivity contribution in [1.82, 2.24) is 10.2 Å². The second-order valence-corrected chi connectivity index (χ2v) is 4.90. The molecule has 0 aliphatic rings. The maximum Gasteiger partial charge on any atom is 0.169 e. The van der Waals surface area contributed by atoms with E-state index in [0.717, 1.165) is 6.07 Å². The van der Waals surface area contributed by atoms with Crippen molar-refractivity contribution in [2.45, 2.75) is 0 Å². The van der Waals surface area contributed by atoms with E-state index in [2.05, 4.69) is 26.1 Å². The molecule has 2 heterocycles. The SMILES string of the molecule is Nc1n[nH]c(-c2ccc(Br)o2)c1-c1cc(F)cc(F)c1. The van der Waals surface area contributed by atoms with Gasteiger partial charge >= 0.3 is 0 Å². The van der Waals surface area contributed by atoms with Crippen LogP contribution in [0, 0.1) is 11.6 Å². The summed E-state index contributed by atoms with van der Waals surface area (Å²) >= 11 is 3.19. The lowest BCUT2D eigenvalue weighted by atomic mass is 10.0. The molecule has 0 fully saturated rings. The minimum Gasteiger partial charge on any atom is -0.448 e. The number of anilines is 1. The second-order valence-electron chi connectivity index (χ2n) is 4.12. The fourth-order valence-electron chi connectivity index (χ4n) is 1.97. The van der Waals surface area contributed by atoms with Gasteiger partial charge in [-0.2, -0.15) is 5.10 Å². The third-order valence-corrected chi connectivity index (χ3v) is 3.19. The van der Waals surface area contributed by atoms with Crippen LogP contribution in [-0.4, -0.2) is 10.2 Å². The Balaban J connectivity index is 2.21. The third-order valence-electron chi connectivity index (χ3n) is 2.77. The molecule has 0 spiro atoms. The number of furan rings is 1. The van der Waals surface area contributed by atoms with Gasteiger partial charge < -0.3 is 10.2 Å². The van der Waals surface area contributed by atoms with E-state index in [1.165, 1.54) is 12.1 Å². The lowest BCUT2D eigenvalue weighted by molar-refractivity contribution is 0.553. The molecule has 0 aliphatic carbocycles. The van der Waals surface area contributed by atoms with Gasteiger partial charge in [0.1, 0.15) is 17.3 Å². The standard InChI is InChI=1S/C13H8BrF2N3O/c14-10-2-1-9(20-10)12-11(13(17)19-18-12)6-3-7(15)5-8(16)4-6/h1-5H,(H3,17,18,19). The van der Waals surface area contributed by atoms with Crippen LogP contribution in [-0.2, 0) is 0 Å². The monoisotopic (exact) mass is 339 g/mol. The largest absolute Gasteiger partial charge is 0.448 e. The molecular formula is C13H8BrF2N3O. The Bertz CT molecular complexity index is 762. The zero-order chi connectivity index (χ0) is 14.3. The van der Waals surface area contributed by atoms with E-state index in [1.54, 1.807) is 12.1 Å². The smallest absolute Gasteiger partial charge is 0.169 e. The molecule has 20 heavy (non-hydrogen) atoms. The van der Waals surface area contributed by atoms with E-state index in [9.17, 15) is 8.78 Å². The second kappa shape index (κ2) is 4.75. The fraction of sp³-hybridized carbons (Fsp3) is 0. The van der Waals surface area contributed by atoms with Gasteiger partial charge in [0.05, 0.1) is 5.56 Å². The number of aromatic nitrogens is 2. The van der Waals surface area contributed by atoms with E-state index in [-0.39, 0.29) is 11.4 Å². The lowest BCUT2D eigenvalue weighted by Crippen LogP contribution is -1.90. The van der Waals surface area contributed by atoms with Crippen LogP contribution < -0.4 is 5.73 Å². The summed E-state index contributed by atoms with van der Waals surface area (Å²) in [5.41, 5.74) is 6.92. The summed E-state index contributed by atoms with van der Waals surface area (Å²) in [6.45, 7) is 0. The molecule has 7 heteroatoms. The Morgan fingerprint density at radius 1 is 1.15 bits per heavy atom. The van der Waals surface area contributed by atoms with Crippen LogP contribution in [0.1, 0.15) is 0 Å². The molecule has 0 amide bonds. The topological polar surface area (TPSA) is 67.8 Å². The Hall–Kier alpha value is -2.15. The first kappa shape index (κ1) is 12.9. The van der Waals surface area contributed by atoms with Gasteiger partial charge in [0.25, 0.3) is 0 Å². The van der Waals surface area contributed by atoms with Crippen molar-refractivity contribution < 1.29 is 13.2 Å². The maximum atomic E-state index is 13.3. The number of benzene rings is 1. The van der Waals surface area contributed by atoms with Gasteiger partial charge in [0.15, 0.2) is 16.2 Å². The van der Waals surface area contributed by atoms with Crippen molar-refractivity contribution in [2.24, 2.45) is 0 Å². The molecule has 102 valence electrons. The van der Waals surface area contributed by atoms with E-state index >= 15 is 0 Å². The summed E-state index contributed by atoms with van der Waals surface area (Å²) in [6.07, 6.45) is 0. The van der Waals surface area contributed by atoms with E-state index in [1.807, 2.05) is 0 Å². The van der Waals surface area contributed by atoms with Crippen molar-refractivity contribution in [3.63, 3.8) is 0 Å². The predicted molar refractivity (Wildman–Crippen MR) is 73.8 cm³/mol. The van der Waals surface area contributed by atoms with Crippen LogP contribution in [0.3, 0.4) is 0 Å². The molecule has 0 radical (unpaired) electrons. The highest BCUT2D eigenvalue weighted by Gasteiger charge is 2.18. The van der Waals surface area contributed by atoms with Crippen LogP contribution in [0.2, 0.25) is 0 Å². The number of rotatable bonds is 2. The van der Waals surface area contributed by atoms with E-state index in [4.69, 9.17) is 10.2 Å². The molecule has 0 saturated heterocycles. The van der Waals surface area contributed by atoms with Gasteiger partial charge in [0, 0.05) is 6.07 Å². The molecule has 3 N–H and O–H groups in total. The van der Waals surface area contributed by atoms with Gasteiger partial charge in [-0.15, -0.1) is 0 Å². The Morgan fingerprint density at radius 3 is 2.45 bits per heavy atom. The zero-order valence-corrected chi connectivity index (χ0v) is 11.5. The molecule has 0 bridgehead atoms. The average molecular weight is 340 g/mol. The number of aromatic amines is 1. The number of H-pyrrole nitrogens is 1. The van der Waals surface area contributed by atoms with Crippen molar-refractivity contribution in [3.05, 3.63) is 46.6 Å². The Labute approximate surface area is 120 Å². The summed E-state index contributed by atoms with van der Waals surface area (Å²) in [4.78, 5) is 0. The molecule has 3 rings (SSSR count). The fourth-order valence-corrected chi connectivity index (χ4v) is 2.28. The van der Waals surface area contributed by atoms with Crippen molar-refractivity contribution in [2.75, 3.05) is 5.73 Å². The predicted octanol–water partition coefficient (Wildman–Crippen LogP) is 3.96. The summed E-state index contributed by atoms with van der Waals surface area (Å²) in [6, 6.07) is 6.55. The Morgan fingerprint density at radius 2 is 1.85 bits per heavy atom. The quantitative estimate of drug-likeness (QED) is 0.742. The van der Waals surface area contributed by atoms with Crippen LogP contribution in [0.4, 0.5) is 14.6 Å². The van der Waals surface area contributed by atoms with Gasteiger partial charge in [-0.25, -0.2) is 8.78 Å². The van der Waals surface area contributed by atoms with Crippen LogP contribution >= 0.6 is 15.9 Å². The van der Waals surface area contributed by atoms with Crippen molar-refractivity contribution in [1.29, 1.82) is 0 Å². The lowest BCUT2D eigenvalue weighted by Gasteiger charge is -2.03. The maximum absolute atomic E-state index is 13.3. The Kier molecular flexibility index (Phi) is 3.06. The molecular weight excluding hydrogens is 332 g/mol. The number of hydrogen-bond acceptors (Lipinski definition) is 3. The number of nitrogens with one attached hydrogen (secondary N) is 1. The van der Waals surface area contributed by atoms with E-state index in [0.29, 0.717) is 21.7 Å². The number of nitrogens with two attached hydrogens (primary N) is 1. The van der Waals surface area contributed by atoms with Crippen molar-refractivity contribution in [3.8, 4) is 22.6 Å². The molecule has 0 unspecified atom stereocenters. The third kappa shape index (κ3) is 2.20. The first-order valence-corrected chi connectivity index (χ1v) is 6.40. The van der Waals surface area contributed by atoms with Crippen LogP contribution in [0.25, 0.3) is 22.6 Å². The minimum absolute atomic E-state index is 0.137. The van der Waals surface area contributed by atoms with Gasteiger partial charge in [0.2, 0.25) is 0 Å². The van der Waals surface area contributed by atoms with Gasteiger partial charge in [-0.05, 0) is 45.8 Å². The summed E-state index contributed by atoms with van der Waals surface area (Å²) < 4.78 is 32.6. The molecule has 4 nitrogen and oxygen atoms in total. The summed E-state index contributed by atoms with van der Waals surface area (Å²) in [5, 5.41) is 6.58. The zero-order valence-electron chi connectivity index (χ0n) is 9.95. The molecule has 3 aromatic rings. The highest BCUT2D eigenvalue weighted by atomic mass is 79.9. The first-order valence-electron chi connectivity index (χ1n) is 5.60. The number of nitrogens with zero attached hydrogens (tertiary/aromatic N) is 1. The highest BCUT2D eigenvalue weighted by molar-refractivity contribution is 9.10. The van der Waals surface area contributed by atoms with Crippen LogP contribution in [0.5, 0.6) is 0 Å². The molecule has 0 atom stereocenters. The van der Waals surface area contributed by atoms with E-state index < -0.39 is 11.6 Å². The van der Waals surface area contributed by atoms with Gasteiger partial charge in [-0.1, -0.05) is 0 Å². The van der Waals surface area contributed by atoms with Crippen LogP contribution in [0.15, 0.2) is 39.4 Å². The molecule has 2 aromatic heterocycles. The molecule has 1 aromatic carbocycles. The number of nitrogen functional groups attached to an aromatic ring is 1. The first-order chi connectivity index (χ1) is 9.54. The highest BCUT2D eigenvalue weighted by Crippen LogP contribution is 2.36.